The standard InChI is InChI=1S/C18H16BrN3O2/c1-11-2-4-13(5-3-11)17(24)22-18-20-15(10-16(23)21-18)12-6-8-14(19)9-7-12/h2-9,15H,10H2,1H3,(H2,20,21,22,23,24)/t15-/m1/s1. The van der Waals surface area contributed by atoms with Crippen molar-refractivity contribution >= 4 is 33.7 Å². The number of hydrogen-bond acceptors (Lipinski definition) is 3. The Hall–Kier alpha value is -2.47. The molecule has 2 aromatic carbocycles. The van der Waals surface area contributed by atoms with Gasteiger partial charge in [-0.1, -0.05) is 45.8 Å². The molecule has 0 saturated carbocycles. The van der Waals surface area contributed by atoms with E-state index in [-0.39, 0.29) is 30.2 Å². The molecule has 0 unspecified atom stereocenters. The molecule has 0 aliphatic carbocycles. The van der Waals surface area contributed by atoms with E-state index >= 15 is 0 Å². The monoisotopic (exact) mass is 385 g/mol. The lowest BCUT2D eigenvalue weighted by Crippen LogP contribution is -2.47. The number of guanidine groups is 1. The molecule has 0 bridgehead atoms. The average Bonchev–Trinajstić information content (AvgIpc) is 2.55. The Morgan fingerprint density at radius 1 is 1.17 bits per heavy atom. The van der Waals surface area contributed by atoms with Gasteiger partial charge in [0.2, 0.25) is 11.9 Å². The van der Waals surface area contributed by atoms with Gasteiger partial charge in [-0.2, -0.15) is 0 Å². The highest BCUT2D eigenvalue weighted by Gasteiger charge is 2.23. The molecule has 2 aromatic rings. The smallest absolute Gasteiger partial charge is 0.257 e. The third-order valence-electron chi connectivity index (χ3n) is 3.72. The molecular formula is C18H16BrN3O2. The molecule has 0 saturated heterocycles. The minimum absolute atomic E-state index is 0.169. The largest absolute Gasteiger partial charge is 0.296 e. The van der Waals surface area contributed by atoms with Gasteiger partial charge in [-0.05, 0) is 36.8 Å². The molecule has 2 N–H and O–H groups in total. The number of benzene rings is 2. The Balaban J connectivity index is 1.78. The van der Waals surface area contributed by atoms with Crippen molar-refractivity contribution < 1.29 is 9.59 Å². The van der Waals surface area contributed by atoms with Gasteiger partial charge >= 0.3 is 0 Å². The molecule has 2 amide bonds. The number of halogens is 1. The zero-order valence-corrected chi connectivity index (χ0v) is 14.6. The second-order valence-electron chi connectivity index (χ2n) is 5.62. The highest BCUT2D eigenvalue weighted by Crippen LogP contribution is 2.24. The van der Waals surface area contributed by atoms with Crippen LogP contribution in [0.1, 0.15) is 33.9 Å². The lowest BCUT2D eigenvalue weighted by molar-refractivity contribution is -0.120. The van der Waals surface area contributed by atoms with E-state index < -0.39 is 0 Å². The van der Waals surface area contributed by atoms with E-state index in [0.29, 0.717) is 5.56 Å². The van der Waals surface area contributed by atoms with Crippen LogP contribution < -0.4 is 10.6 Å². The first kappa shape index (κ1) is 16.4. The van der Waals surface area contributed by atoms with Gasteiger partial charge in [0.1, 0.15) is 0 Å². The molecular weight excluding hydrogens is 370 g/mol. The maximum atomic E-state index is 12.3. The first-order chi connectivity index (χ1) is 11.5. The van der Waals surface area contributed by atoms with Crippen LogP contribution >= 0.6 is 15.9 Å². The molecule has 6 heteroatoms. The maximum Gasteiger partial charge on any atom is 0.257 e. The van der Waals surface area contributed by atoms with Crippen molar-refractivity contribution in [3.05, 3.63) is 69.7 Å². The van der Waals surface area contributed by atoms with Crippen LogP contribution in [0.2, 0.25) is 0 Å². The third kappa shape index (κ3) is 3.89. The summed E-state index contributed by atoms with van der Waals surface area (Å²) >= 11 is 3.38. The van der Waals surface area contributed by atoms with Crippen molar-refractivity contribution in [2.45, 2.75) is 19.4 Å². The zero-order valence-electron chi connectivity index (χ0n) is 13.0. The molecule has 1 atom stereocenters. The third-order valence-corrected chi connectivity index (χ3v) is 4.25. The van der Waals surface area contributed by atoms with E-state index in [1.165, 1.54) is 0 Å². The number of aliphatic imine (C=N–C) groups is 1. The van der Waals surface area contributed by atoms with E-state index in [1.807, 2.05) is 43.3 Å². The van der Waals surface area contributed by atoms with Crippen molar-refractivity contribution in [2.75, 3.05) is 0 Å². The van der Waals surface area contributed by atoms with Crippen LogP contribution in [0.5, 0.6) is 0 Å². The molecule has 122 valence electrons. The quantitative estimate of drug-likeness (QED) is 0.833. The fourth-order valence-electron chi connectivity index (χ4n) is 2.42. The minimum Gasteiger partial charge on any atom is -0.296 e. The van der Waals surface area contributed by atoms with E-state index in [4.69, 9.17) is 0 Å². The van der Waals surface area contributed by atoms with Crippen molar-refractivity contribution in [2.24, 2.45) is 4.99 Å². The number of amides is 2. The summed E-state index contributed by atoms with van der Waals surface area (Å²) in [5, 5.41) is 5.28. The van der Waals surface area contributed by atoms with Crippen LogP contribution in [0.4, 0.5) is 0 Å². The van der Waals surface area contributed by atoms with Gasteiger partial charge in [-0.3, -0.25) is 20.2 Å². The Morgan fingerprint density at radius 2 is 1.83 bits per heavy atom. The summed E-state index contributed by atoms with van der Waals surface area (Å²) < 4.78 is 0.961. The lowest BCUT2D eigenvalue weighted by atomic mass is 10.0. The van der Waals surface area contributed by atoms with Gasteiger partial charge in [0.15, 0.2) is 0 Å². The SMILES string of the molecule is Cc1ccc(C(=O)NC2=N[C@@H](c3ccc(Br)cc3)CC(=O)N2)cc1. The summed E-state index contributed by atoms with van der Waals surface area (Å²) in [4.78, 5) is 28.7. The van der Waals surface area contributed by atoms with Gasteiger partial charge in [0.05, 0.1) is 12.5 Å². The topological polar surface area (TPSA) is 70.6 Å². The van der Waals surface area contributed by atoms with E-state index in [1.54, 1.807) is 12.1 Å². The van der Waals surface area contributed by atoms with Crippen molar-refractivity contribution in [1.29, 1.82) is 0 Å². The molecule has 5 nitrogen and oxygen atoms in total. The average molecular weight is 386 g/mol. The van der Waals surface area contributed by atoms with Crippen molar-refractivity contribution in [3.8, 4) is 0 Å². The first-order valence-electron chi connectivity index (χ1n) is 7.52. The van der Waals surface area contributed by atoms with Gasteiger partial charge < -0.3 is 0 Å². The number of rotatable bonds is 2. The predicted octanol–water partition coefficient (Wildman–Crippen LogP) is 3.10. The molecule has 0 spiro atoms. The number of nitrogens with one attached hydrogen (secondary N) is 2. The van der Waals surface area contributed by atoms with Gasteiger partial charge in [0, 0.05) is 10.0 Å². The highest BCUT2D eigenvalue weighted by molar-refractivity contribution is 9.10. The Kier molecular flexibility index (Phi) is 4.76. The summed E-state index contributed by atoms with van der Waals surface area (Å²) in [5.41, 5.74) is 2.52. The Labute approximate surface area is 148 Å². The minimum atomic E-state index is -0.305. The van der Waals surface area contributed by atoms with E-state index in [2.05, 4.69) is 31.6 Å². The normalized spacial score (nSPS) is 17.0. The van der Waals surface area contributed by atoms with Crippen LogP contribution in [0.25, 0.3) is 0 Å². The summed E-state index contributed by atoms with van der Waals surface area (Å²) in [7, 11) is 0. The summed E-state index contributed by atoms with van der Waals surface area (Å²) in [5.74, 6) is -0.285. The van der Waals surface area contributed by atoms with Crippen molar-refractivity contribution in [1.82, 2.24) is 10.6 Å². The number of hydrogen-bond donors (Lipinski definition) is 2. The molecule has 0 fully saturated rings. The highest BCUT2D eigenvalue weighted by atomic mass is 79.9. The lowest BCUT2D eigenvalue weighted by Gasteiger charge is -2.21. The Morgan fingerprint density at radius 3 is 2.50 bits per heavy atom. The summed E-state index contributed by atoms with van der Waals surface area (Å²) in [6, 6.07) is 14.5. The molecule has 24 heavy (non-hydrogen) atoms. The van der Waals surface area contributed by atoms with E-state index in [0.717, 1.165) is 15.6 Å². The van der Waals surface area contributed by atoms with Crippen LogP contribution in [-0.2, 0) is 4.79 Å². The summed E-state index contributed by atoms with van der Waals surface area (Å²) in [6.45, 7) is 1.95. The number of aryl methyl sites for hydroxylation is 1. The molecule has 3 rings (SSSR count). The van der Waals surface area contributed by atoms with Crippen LogP contribution in [0, 0.1) is 6.92 Å². The number of carbonyl (C=O) groups is 2. The number of nitrogens with zero attached hydrogens (tertiary/aromatic N) is 1. The first-order valence-corrected chi connectivity index (χ1v) is 8.32. The number of carbonyl (C=O) groups excluding carboxylic acids is 2. The predicted molar refractivity (Wildman–Crippen MR) is 95.7 cm³/mol. The summed E-state index contributed by atoms with van der Waals surface area (Å²) in [6.07, 6.45) is 0.255. The van der Waals surface area contributed by atoms with Gasteiger partial charge in [0.25, 0.3) is 5.91 Å². The zero-order chi connectivity index (χ0) is 17.1. The molecule has 1 aliphatic rings. The van der Waals surface area contributed by atoms with Crippen molar-refractivity contribution in [3.63, 3.8) is 0 Å². The maximum absolute atomic E-state index is 12.3. The second kappa shape index (κ2) is 6.97. The van der Waals surface area contributed by atoms with Gasteiger partial charge in [-0.25, -0.2) is 4.99 Å². The van der Waals surface area contributed by atoms with Gasteiger partial charge in [-0.15, -0.1) is 0 Å². The van der Waals surface area contributed by atoms with E-state index in [9.17, 15) is 9.59 Å². The second-order valence-corrected chi connectivity index (χ2v) is 6.53. The Bertz CT molecular complexity index is 798. The van der Waals surface area contributed by atoms with Crippen LogP contribution in [0.3, 0.4) is 0 Å². The van der Waals surface area contributed by atoms with Crippen LogP contribution in [-0.4, -0.2) is 17.8 Å². The van der Waals surface area contributed by atoms with Crippen LogP contribution in [0.15, 0.2) is 58.0 Å². The fraction of sp³-hybridized carbons (Fsp3) is 0.167. The molecule has 1 heterocycles. The fourth-order valence-corrected chi connectivity index (χ4v) is 2.68. The molecule has 1 aliphatic heterocycles. The molecule has 0 radical (unpaired) electrons. The molecule has 0 aromatic heterocycles.